The SMILES string of the molecule is CN(C)CCN(C(=O)CCS(=O)(=O)c1ccc(Cl)cc1)c1nc2ccccc2s1.Cl. The van der Waals surface area contributed by atoms with Crippen molar-refractivity contribution in [3.8, 4) is 0 Å². The van der Waals surface area contributed by atoms with E-state index < -0.39 is 9.84 Å². The maximum absolute atomic E-state index is 13.0. The number of hydrogen-bond acceptors (Lipinski definition) is 6. The molecule has 2 aromatic carbocycles. The van der Waals surface area contributed by atoms with Crippen molar-refractivity contribution in [3.05, 3.63) is 53.6 Å². The molecule has 0 atom stereocenters. The quantitative estimate of drug-likeness (QED) is 0.477. The minimum Gasteiger partial charge on any atom is -0.308 e. The summed E-state index contributed by atoms with van der Waals surface area (Å²) in [4.78, 5) is 21.2. The van der Waals surface area contributed by atoms with Gasteiger partial charge in [-0.2, -0.15) is 0 Å². The molecule has 1 aromatic heterocycles. The van der Waals surface area contributed by atoms with Crippen LogP contribution in [0.25, 0.3) is 10.2 Å². The molecule has 3 rings (SSSR count). The topological polar surface area (TPSA) is 70.6 Å². The van der Waals surface area contributed by atoms with E-state index in [2.05, 4.69) is 4.98 Å². The van der Waals surface area contributed by atoms with Crippen LogP contribution in [0.4, 0.5) is 5.13 Å². The minimum absolute atomic E-state index is 0. The highest BCUT2D eigenvalue weighted by molar-refractivity contribution is 7.91. The number of benzene rings is 2. The normalized spacial score (nSPS) is 11.5. The molecule has 0 unspecified atom stereocenters. The van der Waals surface area contributed by atoms with Gasteiger partial charge in [-0.15, -0.1) is 12.4 Å². The molecule has 0 fully saturated rings. The number of hydrogen-bond donors (Lipinski definition) is 0. The van der Waals surface area contributed by atoms with Gasteiger partial charge in [0.1, 0.15) is 0 Å². The number of nitrogens with zero attached hydrogens (tertiary/aromatic N) is 3. The first kappa shape index (κ1) is 24.6. The number of anilines is 1. The zero-order chi connectivity index (χ0) is 21.0. The number of halogens is 2. The largest absolute Gasteiger partial charge is 0.308 e. The number of thiazole rings is 1. The van der Waals surface area contributed by atoms with Gasteiger partial charge in [0.05, 0.1) is 20.9 Å². The van der Waals surface area contributed by atoms with Gasteiger partial charge >= 0.3 is 0 Å². The van der Waals surface area contributed by atoms with Gasteiger partial charge in [-0.3, -0.25) is 9.69 Å². The van der Waals surface area contributed by atoms with E-state index in [4.69, 9.17) is 11.6 Å². The van der Waals surface area contributed by atoms with Crippen molar-refractivity contribution in [3.63, 3.8) is 0 Å². The summed E-state index contributed by atoms with van der Waals surface area (Å²) in [5.41, 5.74) is 0.823. The molecule has 0 saturated carbocycles. The molecular formula is C20H23Cl2N3O3S2. The Balaban J connectivity index is 0.00000320. The Morgan fingerprint density at radius 1 is 1.07 bits per heavy atom. The first-order valence-corrected chi connectivity index (χ1v) is 11.9. The summed E-state index contributed by atoms with van der Waals surface area (Å²) in [6.45, 7) is 1.08. The van der Waals surface area contributed by atoms with Crippen molar-refractivity contribution in [1.82, 2.24) is 9.88 Å². The van der Waals surface area contributed by atoms with Crippen LogP contribution in [0.1, 0.15) is 6.42 Å². The molecule has 6 nitrogen and oxygen atoms in total. The van der Waals surface area contributed by atoms with E-state index in [1.165, 1.54) is 35.6 Å². The predicted octanol–water partition coefficient (Wildman–Crippen LogP) is 4.13. The van der Waals surface area contributed by atoms with E-state index in [0.717, 1.165) is 10.2 Å². The van der Waals surface area contributed by atoms with Gasteiger partial charge in [-0.25, -0.2) is 13.4 Å². The first-order valence-electron chi connectivity index (χ1n) is 9.05. The lowest BCUT2D eigenvalue weighted by atomic mass is 10.3. The van der Waals surface area contributed by atoms with Gasteiger partial charge in [0.2, 0.25) is 5.91 Å². The van der Waals surface area contributed by atoms with Crippen molar-refractivity contribution in [1.29, 1.82) is 0 Å². The highest BCUT2D eigenvalue weighted by Gasteiger charge is 2.23. The van der Waals surface area contributed by atoms with Crippen LogP contribution in [0.5, 0.6) is 0 Å². The average Bonchev–Trinajstić information content (AvgIpc) is 3.10. The molecular weight excluding hydrogens is 465 g/mol. The molecule has 3 aromatic rings. The molecule has 0 saturated heterocycles. The monoisotopic (exact) mass is 487 g/mol. The Labute approximate surface area is 191 Å². The number of amides is 1. The van der Waals surface area contributed by atoms with E-state index in [-0.39, 0.29) is 35.4 Å². The summed E-state index contributed by atoms with van der Waals surface area (Å²) >= 11 is 7.26. The highest BCUT2D eigenvalue weighted by atomic mass is 35.5. The maximum atomic E-state index is 13.0. The molecule has 0 bridgehead atoms. The van der Waals surface area contributed by atoms with Crippen molar-refractivity contribution in [2.24, 2.45) is 0 Å². The van der Waals surface area contributed by atoms with Crippen molar-refractivity contribution in [2.75, 3.05) is 37.8 Å². The molecule has 0 aliphatic carbocycles. The van der Waals surface area contributed by atoms with Crippen LogP contribution in [0.15, 0.2) is 53.4 Å². The van der Waals surface area contributed by atoms with Crippen molar-refractivity contribution < 1.29 is 13.2 Å². The lowest BCUT2D eigenvalue weighted by Crippen LogP contribution is -2.37. The number of carbonyl (C=O) groups is 1. The number of sulfone groups is 1. The van der Waals surface area contributed by atoms with Crippen LogP contribution in [0, 0.1) is 0 Å². The fraction of sp³-hybridized carbons (Fsp3) is 0.300. The summed E-state index contributed by atoms with van der Waals surface area (Å²) < 4.78 is 26.1. The van der Waals surface area contributed by atoms with E-state index in [0.29, 0.717) is 23.2 Å². The standard InChI is InChI=1S/C20H22ClN3O3S2.ClH/c1-23(2)12-13-24(20-22-17-5-3-4-6-18(17)28-20)19(25)11-14-29(26,27)16-9-7-15(21)8-10-16;/h3-10H,11-14H2,1-2H3;1H. The summed E-state index contributed by atoms with van der Waals surface area (Å²) in [6, 6.07) is 13.6. The van der Waals surface area contributed by atoms with Crippen LogP contribution in [-0.2, 0) is 14.6 Å². The number of aromatic nitrogens is 1. The summed E-state index contributed by atoms with van der Waals surface area (Å²) in [5.74, 6) is -0.528. The Morgan fingerprint density at radius 3 is 2.37 bits per heavy atom. The number of rotatable bonds is 8. The van der Waals surface area contributed by atoms with E-state index >= 15 is 0 Å². The summed E-state index contributed by atoms with van der Waals surface area (Å²) in [6.07, 6.45) is -0.117. The maximum Gasteiger partial charge on any atom is 0.229 e. The average molecular weight is 488 g/mol. The molecule has 0 spiro atoms. The van der Waals surface area contributed by atoms with Crippen LogP contribution < -0.4 is 4.90 Å². The predicted molar refractivity (Wildman–Crippen MR) is 126 cm³/mol. The molecule has 0 N–H and O–H groups in total. The molecule has 1 amide bonds. The van der Waals surface area contributed by atoms with Crippen molar-refractivity contribution in [2.45, 2.75) is 11.3 Å². The van der Waals surface area contributed by atoms with E-state index in [1.54, 1.807) is 4.90 Å². The second kappa shape index (κ2) is 10.5. The molecule has 1 heterocycles. The fourth-order valence-electron chi connectivity index (χ4n) is 2.72. The number of carbonyl (C=O) groups excluding carboxylic acids is 1. The third kappa shape index (κ3) is 6.15. The lowest BCUT2D eigenvalue weighted by molar-refractivity contribution is -0.118. The Hall–Kier alpha value is -1.71. The zero-order valence-corrected chi connectivity index (χ0v) is 19.8. The van der Waals surface area contributed by atoms with Gasteiger partial charge < -0.3 is 4.90 Å². The van der Waals surface area contributed by atoms with Gasteiger partial charge in [0, 0.05) is 24.5 Å². The summed E-state index contributed by atoms with van der Waals surface area (Å²) in [5, 5.41) is 1.05. The molecule has 0 aliphatic rings. The Kier molecular flexibility index (Phi) is 8.63. The summed E-state index contributed by atoms with van der Waals surface area (Å²) in [7, 11) is 0.268. The fourth-order valence-corrected chi connectivity index (χ4v) is 5.08. The molecule has 0 aliphatic heterocycles. The first-order chi connectivity index (χ1) is 13.8. The van der Waals surface area contributed by atoms with Gasteiger partial charge in [-0.05, 0) is 50.5 Å². The number of fused-ring (bicyclic) bond motifs is 1. The van der Waals surface area contributed by atoms with Crippen LogP contribution >= 0.6 is 35.3 Å². The van der Waals surface area contributed by atoms with Crippen molar-refractivity contribution >= 4 is 66.4 Å². The van der Waals surface area contributed by atoms with Crippen LogP contribution in [0.3, 0.4) is 0 Å². The van der Waals surface area contributed by atoms with E-state index in [9.17, 15) is 13.2 Å². The number of para-hydroxylation sites is 1. The Bertz CT molecular complexity index is 1070. The minimum atomic E-state index is -3.58. The smallest absolute Gasteiger partial charge is 0.229 e. The third-order valence-corrected chi connectivity index (χ3v) is 7.39. The molecule has 0 radical (unpaired) electrons. The van der Waals surface area contributed by atoms with Gasteiger partial charge in [0.25, 0.3) is 0 Å². The number of likely N-dealkylation sites (N-methyl/N-ethyl adjacent to an activating group) is 1. The second-order valence-electron chi connectivity index (χ2n) is 6.84. The third-order valence-electron chi connectivity index (χ3n) is 4.34. The zero-order valence-electron chi connectivity index (χ0n) is 16.6. The Morgan fingerprint density at radius 2 is 1.73 bits per heavy atom. The van der Waals surface area contributed by atoms with Crippen LogP contribution in [-0.4, -0.2) is 57.1 Å². The molecule has 10 heteroatoms. The second-order valence-corrected chi connectivity index (χ2v) is 10.4. The molecule has 30 heavy (non-hydrogen) atoms. The van der Waals surface area contributed by atoms with Gasteiger partial charge in [0.15, 0.2) is 15.0 Å². The lowest BCUT2D eigenvalue weighted by Gasteiger charge is -2.22. The molecule has 162 valence electrons. The highest BCUT2D eigenvalue weighted by Crippen LogP contribution is 2.29. The van der Waals surface area contributed by atoms with E-state index in [1.807, 2.05) is 43.3 Å². The van der Waals surface area contributed by atoms with Gasteiger partial charge in [-0.1, -0.05) is 35.1 Å². The van der Waals surface area contributed by atoms with Crippen LogP contribution in [0.2, 0.25) is 5.02 Å².